The molecule has 5 nitrogen and oxygen atoms in total. The van der Waals surface area contributed by atoms with Crippen LogP contribution < -0.4 is 10.1 Å². The minimum absolute atomic E-state index is 0.307. The molecule has 0 heterocycles. The fourth-order valence-corrected chi connectivity index (χ4v) is 2.28. The van der Waals surface area contributed by atoms with Crippen LogP contribution in [0.4, 0.5) is 0 Å². The Bertz CT molecular complexity index is 561. The summed E-state index contributed by atoms with van der Waals surface area (Å²) in [4.78, 5) is 23.2. The zero-order valence-electron chi connectivity index (χ0n) is 12.6. The molecule has 0 bridgehead atoms. The molecule has 0 aromatic heterocycles. The van der Waals surface area contributed by atoms with Crippen LogP contribution in [0.15, 0.2) is 24.3 Å². The summed E-state index contributed by atoms with van der Waals surface area (Å²) in [5.74, 6) is -0.652. The number of nitrogens with one attached hydrogen (secondary N) is 1. The van der Waals surface area contributed by atoms with Crippen LogP contribution >= 0.6 is 0 Å². The molecule has 1 aromatic carbocycles. The second-order valence-corrected chi connectivity index (χ2v) is 6.19. The Balaban J connectivity index is 2.04. The van der Waals surface area contributed by atoms with Crippen molar-refractivity contribution in [1.29, 1.82) is 0 Å². The van der Waals surface area contributed by atoms with Gasteiger partial charge in [0.1, 0.15) is 11.2 Å². The second-order valence-electron chi connectivity index (χ2n) is 6.19. The maximum atomic E-state index is 12.1. The third-order valence-electron chi connectivity index (χ3n) is 4.14. The van der Waals surface area contributed by atoms with Gasteiger partial charge in [0.15, 0.2) is 0 Å². The lowest BCUT2D eigenvalue weighted by Crippen LogP contribution is -2.42. The highest BCUT2D eigenvalue weighted by Crippen LogP contribution is 2.46. The van der Waals surface area contributed by atoms with Gasteiger partial charge >= 0.3 is 5.97 Å². The smallest absolute Gasteiger partial charge is 0.319 e. The summed E-state index contributed by atoms with van der Waals surface area (Å²) in [5, 5.41) is 11.9. The second kappa shape index (κ2) is 5.39. The highest BCUT2D eigenvalue weighted by molar-refractivity contribution is 6.04. The maximum Gasteiger partial charge on any atom is 0.319 e. The number of carboxylic acids is 1. The molecule has 0 unspecified atom stereocenters. The maximum absolute atomic E-state index is 12.1. The van der Waals surface area contributed by atoms with E-state index in [0.717, 1.165) is 11.3 Å². The number of carbonyl (C=O) groups excluding carboxylic acids is 1. The van der Waals surface area contributed by atoms with Gasteiger partial charge in [-0.1, -0.05) is 26.0 Å². The van der Waals surface area contributed by atoms with Crippen LogP contribution in [0.3, 0.4) is 0 Å². The molecule has 0 saturated heterocycles. The largest absolute Gasteiger partial charge is 0.497 e. The van der Waals surface area contributed by atoms with Gasteiger partial charge in [-0.25, -0.2) is 0 Å². The minimum atomic E-state index is -1.19. The lowest BCUT2D eigenvalue weighted by atomic mass is 9.84. The molecule has 0 atom stereocenters. The van der Waals surface area contributed by atoms with Gasteiger partial charge in [0.25, 0.3) is 0 Å². The number of aliphatic carboxylic acids is 1. The molecular formula is C16H21NO4. The summed E-state index contributed by atoms with van der Waals surface area (Å²) in [5.41, 5.74) is -0.467. The Labute approximate surface area is 124 Å². The zero-order valence-corrected chi connectivity index (χ0v) is 12.6. The third-order valence-corrected chi connectivity index (χ3v) is 4.14. The number of carbonyl (C=O) groups is 2. The van der Waals surface area contributed by atoms with Crippen LogP contribution in [0.2, 0.25) is 0 Å². The summed E-state index contributed by atoms with van der Waals surface area (Å²) >= 11 is 0. The summed E-state index contributed by atoms with van der Waals surface area (Å²) in [6.07, 6.45) is 0.849. The fraction of sp³-hybridized carbons (Fsp3) is 0.500. The Morgan fingerprint density at radius 3 is 2.57 bits per heavy atom. The predicted octanol–water partition coefficient (Wildman–Crippen LogP) is 1.95. The molecule has 21 heavy (non-hydrogen) atoms. The first-order valence-electron chi connectivity index (χ1n) is 6.98. The average Bonchev–Trinajstić information content (AvgIpc) is 3.26. The van der Waals surface area contributed by atoms with Gasteiger partial charge in [-0.05, 0) is 30.5 Å². The van der Waals surface area contributed by atoms with Crippen molar-refractivity contribution in [2.24, 2.45) is 5.41 Å². The monoisotopic (exact) mass is 291 g/mol. The molecular weight excluding hydrogens is 270 g/mol. The number of hydrogen-bond donors (Lipinski definition) is 2. The first-order chi connectivity index (χ1) is 9.82. The van der Waals surface area contributed by atoms with Gasteiger partial charge in [0.2, 0.25) is 5.91 Å². The van der Waals surface area contributed by atoms with Crippen LogP contribution in [0.5, 0.6) is 5.75 Å². The van der Waals surface area contributed by atoms with Gasteiger partial charge in [0, 0.05) is 12.0 Å². The first kappa shape index (κ1) is 15.4. The van der Waals surface area contributed by atoms with Crippen LogP contribution in [-0.4, -0.2) is 30.6 Å². The molecule has 5 heteroatoms. The molecule has 0 aliphatic heterocycles. The van der Waals surface area contributed by atoms with Crippen molar-refractivity contribution in [3.63, 3.8) is 0 Å². The van der Waals surface area contributed by atoms with Crippen LogP contribution in [0, 0.1) is 5.41 Å². The highest BCUT2D eigenvalue weighted by atomic mass is 16.5. The van der Waals surface area contributed by atoms with E-state index in [1.54, 1.807) is 7.11 Å². The number of methoxy groups -OCH3 is 1. The van der Waals surface area contributed by atoms with E-state index >= 15 is 0 Å². The molecule has 1 saturated carbocycles. The zero-order chi connectivity index (χ0) is 15.7. The van der Waals surface area contributed by atoms with Crippen LogP contribution in [-0.2, 0) is 15.0 Å². The Kier molecular flexibility index (Phi) is 3.94. The van der Waals surface area contributed by atoms with Gasteiger partial charge < -0.3 is 15.2 Å². The third kappa shape index (κ3) is 3.01. The van der Waals surface area contributed by atoms with Gasteiger partial charge in [0.05, 0.1) is 7.11 Å². The van der Waals surface area contributed by atoms with E-state index in [-0.39, 0.29) is 11.3 Å². The molecule has 1 aromatic rings. The number of benzene rings is 1. The number of rotatable bonds is 6. The van der Waals surface area contributed by atoms with E-state index < -0.39 is 11.4 Å². The number of hydrogen-bond acceptors (Lipinski definition) is 3. The average molecular weight is 291 g/mol. The fourth-order valence-electron chi connectivity index (χ4n) is 2.28. The van der Waals surface area contributed by atoms with Crippen molar-refractivity contribution in [1.82, 2.24) is 5.32 Å². The van der Waals surface area contributed by atoms with Crippen molar-refractivity contribution in [3.8, 4) is 5.75 Å². The van der Waals surface area contributed by atoms with Gasteiger partial charge in [-0.15, -0.1) is 0 Å². The van der Waals surface area contributed by atoms with Crippen LogP contribution in [0.1, 0.15) is 32.3 Å². The number of amides is 1. The van der Waals surface area contributed by atoms with Gasteiger partial charge in [-0.3, -0.25) is 9.59 Å². The van der Waals surface area contributed by atoms with Crippen molar-refractivity contribution in [2.75, 3.05) is 13.7 Å². The number of carboxylic acid groups (broad SMARTS) is 1. The van der Waals surface area contributed by atoms with E-state index in [2.05, 4.69) is 5.32 Å². The molecule has 2 N–H and O–H groups in total. The SMILES string of the molecule is COc1cccc(C(C)(C)CNC(=O)C2(C(=O)O)CC2)c1. The van der Waals surface area contributed by atoms with Crippen molar-refractivity contribution < 1.29 is 19.4 Å². The molecule has 0 radical (unpaired) electrons. The Hall–Kier alpha value is -2.04. The standard InChI is InChI=1S/C16H21NO4/c1-15(2,11-5-4-6-12(9-11)21-3)10-17-13(18)16(7-8-16)14(19)20/h4-6,9H,7-8,10H2,1-3H3,(H,17,18)(H,19,20). The Morgan fingerprint density at radius 2 is 2.05 bits per heavy atom. The minimum Gasteiger partial charge on any atom is -0.497 e. The summed E-state index contributed by atoms with van der Waals surface area (Å²) < 4.78 is 5.21. The first-order valence-corrected chi connectivity index (χ1v) is 6.98. The molecule has 1 amide bonds. The molecule has 114 valence electrons. The quantitative estimate of drug-likeness (QED) is 0.786. The summed E-state index contributed by atoms with van der Waals surface area (Å²) in [7, 11) is 1.61. The van der Waals surface area contributed by atoms with E-state index in [9.17, 15) is 9.59 Å². The van der Waals surface area contributed by atoms with E-state index in [0.29, 0.717) is 19.4 Å². The lowest BCUT2D eigenvalue weighted by Gasteiger charge is -2.26. The van der Waals surface area contributed by atoms with E-state index in [1.807, 2.05) is 38.1 Å². The highest BCUT2D eigenvalue weighted by Gasteiger charge is 2.57. The van der Waals surface area contributed by atoms with Gasteiger partial charge in [-0.2, -0.15) is 0 Å². The lowest BCUT2D eigenvalue weighted by molar-refractivity contribution is -0.149. The van der Waals surface area contributed by atoms with Crippen molar-refractivity contribution in [2.45, 2.75) is 32.1 Å². The normalized spacial score (nSPS) is 16.1. The summed E-state index contributed by atoms with van der Waals surface area (Å²) in [6.45, 7) is 4.39. The Morgan fingerprint density at radius 1 is 1.38 bits per heavy atom. The molecule has 2 rings (SSSR count). The predicted molar refractivity (Wildman–Crippen MR) is 78.3 cm³/mol. The van der Waals surface area contributed by atoms with Crippen LogP contribution in [0.25, 0.3) is 0 Å². The topological polar surface area (TPSA) is 75.6 Å². The van der Waals surface area contributed by atoms with Crippen molar-refractivity contribution >= 4 is 11.9 Å². The van der Waals surface area contributed by atoms with E-state index in [1.165, 1.54) is 0 Å². The molecule has 1 aliphatic rings. The van der Waals surface area contributed by atoms with E-state index in [4.69, 9.17) is 9.84 Å². The molecule has 1 fully saturated rings. The number of ether oxygens (including phenoxy) is 1. The molecule has 0 spiro atoms. The van der Waals surface area contributed by atoms with Crippen molar-refractivity contribution in [3.05, 3.63) is 29.8 Å². The summed E-state index contributed by atoms with van der Waals surface area (Å²) in [6, 6.07) is 7.66. The molecule has 1 aliphatic carbocycles.